The lowest BCUT2D eigenvalue weighted by Gasteiger charge is -2.38. The molecule has 0 saturated carbocycles. The Kier molecular flexibility index (Phi) is 4.86. The van der Waals surface area contributed by atoms with Crippen LogP contribution in [0.3, 0.4) is 0 Å². The third kappa shape index (κ3) is 3.85. The molecule has 0 amide bonds. The van der Waals surface area contributed by atoms with Crippen molar-refractivity contribution in [3.8, 4) is 0 Å². The van der Waals surface area contributed by atoms with Gasteiger partial charge in [0.05, 0.1) is 6.61 Å². The summed E-state index contributed by atoms with van der Waals surface area (Å²) >= 11 is 0. The molecule has 0 aliphatic carbocycles. The second-order valence-electron chi connectivity index (χ2n) is 6.37. The van der Waals surface area contributed by atoms with Gasteiger partial charge in [0, 0.05) is 0 Å². The predicted octanol–water partition coefficient (Wildman–Crippen LogP) is 3.19. The Hall–Kier alpha value is -1.53. The SMILES string of the molecule is CC1(C)OC[C@H](C(OP(=O)(O)O)(c2ccccc2)c2ccccc2)O1. The van der Waals surface area contributed by atoms with E-state index < -0.39 is 25.3 Å². The lowest BCUT2D eigenvalue weighted by Crippen LogP contribution is -2.45. The van der Waals surface area contributed by atoms with Gasteiger partial charge in [-0.3, -0.25) is 4.52 Å². The molecule has 0 spiro atoms. The van der Waals surface area contributed by atoms with Gasteiger partial charge < -0.3 is 19.3 Å². The smallest absolute Gasteiger partial charge is 0.348 e. The summed E-state index contributed by atoms with van der Waals surface area (Å²) in [5.41, 5.74) is -0.346. The highest BCUT2D eigenvalue weighted by atomic mass is 31.2. The Morgan fingerprint density at radius 1 is 1.04 bits per heavy atom. The van der Waals surface area contributed by atoms with Crippen molar-refractivity contribution in [1.82, 2.24) is 0 Å². The van der Waals surface area contributed by atoms with Gasteiger partial charge in [0.1, 0.15) is 6.10 Å². The molecule has 3 rings (SSSR count). The second kappa shape index (κ2) is 6.65. The first-order valence-corrected chi connectivity index (χ1v) is 9.45. The number of rotatable bonds is 5. The number of hydrogen-bond donors (Lipinski definition) is 2. The summed E-state index contributed by atoms with van der Waals surface area (Å²) in [6.07, 6.45) is -0.736. The van der Waals surface area contributed by atoms with Crippen LogP contribution in [0.5, 0.6) is 0 Å². The third-order valence-electron chi connectivity index (χ3n) is 4.13. The number of hydrogen-bond acceptors (Lipinski definition) is 4. The van der Waals surface area contributed by atoms with Crippen molar-refractivity contribution < 1.29 is 28.3 Å². The first kappa shape index (κ1) is 18.3. The molecule has 1 heterocycles. The van der Waals surface area contributed by atoms with Gasteiger partial charge in [-0.25, -0.2) is 4.57 Å². The van der Waals surface area contributed by atoms with E-state index in [0.717, 1.165) is 0 Å². The third-order valence-corrected chi connectivity index (χ3v) is 4.66. The van der Waals surface area contributed by atoms with Crippen LogP contribution in [0.25, 0.3) is 0 Å². The van der Waals surface area contributed by atoms with Crippen LogP contribution in [-0.4, -0.2) is 28.3 Å². The molecule has 1 aliphatic heterocycles. The second-order valence-corrected chi connectivity index (χ2v) is 7.53. The molecule has 0 bridgehead atoms. The Bertz CT molecular complexity index is 716. The molecule has 1 fully saturated rings. The molecule has 6 nitrogen and oxygen atoms in total. The van der Waals surface area contributed by atoms with Crippen molar-refractivity contribution in [3.63, 3.8) is 0 Å². The maximum Gasteiger partial charge on any atom is 0.470 e. The molecule has 1 aliphatic rings. The Balaban J connectivity index is 2.22. The van der Waals surface area contributed by atoms with E-state index in [0.29, 0.717) is 11.1 Å². The highest BCUT2D eigenvalue weighted by molar-refractivity contribution is 7.46. The van der Waals surface area contributed by atoms with Crippen molar-refractivity contribution >= 4 is 7.82 Å². The normalized spacial score (nSPS) is 20.6. The lowest BCUT2D eigenvalue weighted by atomic mass is 9.82. The maximum absolute atomic E-state index is 11.9. The topological polar surface area (TPSA) is 85.2 Å². The van der Waals surface area contributed by atoms with E-state index in [1.54, 1.807) is 62.4 Å². The van der Waals surface area contributed by atoms with E-state index in [1.807, 2.05) is 12.1 Å². The van der Waals surface area contributed by atoms with Crippen LogP contribution < -0.4 is 0 Å². The predicted molar refractivity (Wildman–Crippen MR) is 91.7 cm³/mol. The van der Waals surface area contributed by atoms with E-state index in [2.05, 4.69) is 0 Å². The van der Waals surface area contributed by atoms with E-state index in [9.17, 15) is 14.4 Å². The number of phosphoric ester groups is 1. The number of ether oxygens (including phenoxy) is 2. The minimum absolute atomic E-state index is 0.136. The van der Waals surface area contributed by atoms with Gasteiger partial charge >= 0.3 is 7.82 Å². The summed E-state index contributed by atoms with van der Waals surface area (Å²) in [7, 11) is -4.85. The zero-order chi connectivity index (χ0) is 18.1. The Morgan fingerprint density at radius 3 is 1.88 bits per heavy atom. The largest absolute Gasteiger partial charge is 0.470 e. The fraction of sp³-hybridized carbons (Fsp3) is 0.333. The molecule has 1 atom stereocenters. The van der Waals surface area contributed by atoms with Gasteiger partial charge in [-0.05, 0) is 25.0 Å². The van der Waals surface area contributed by atoms with E-state index in [-0.39, 0.29) is 6.61 Å². The van der Waals surface area contributed by atoms with Gasteiger partial charge in [-0.15, -0.1) is 0 Å². The first-order valence-electron chi connectivity index (χ1n) is 7.92. The average molecular weight is 364 g/mol. The number of benzene rings is 2. The van der Waals surface area contributed by atoms with E-state index in [1.165, 1.54) is 0 Å². The van der Waals surface area contributed by atoms with Crippen LogP contribution in [0, 0.1) is 0 Å². The summed E-state index contributed by atoms with van der Waals surface area (Å²) in [5.74, 6) is -0.877. The van der Waals surface area contributed by atoms with E-state index >= 15 is 0 Å². The maximum atomic E-state index is 11.9. The van der Waals surface area contributed by atoms with Crippen molar-refractivity contribution in [2.45, 2.75) is 31.3 Å². The van der Waals surface area contributed by atoms with Crippen molar-refractivity contribution in [3.05, 3.63) is 71.8 Å². The molecule has 0 aromatic heterocycles. The fourth-order valence-electron chi connectivity index (χ4n) is 3.15. The molecule has 7 heteroatoms. The summed E-state index contributed by atoms with van der Waals surface area (Å²) in [6.45, 7) is 3.65. The van der Waals surface area contributed by atoms with Gasteiger partial charge in [0.2, 0.25) is 0 Å². The van der Waals surface area contributed by atoms with Crippen molar-refractivity contribution in [2.24, 2.45) is 0 Å². The molecule has 2 aromatic carbocycles. The summed E-state index contributed by atoms with van der Waals surface area (Å²) in [4.78, 5) is 19.3. The highest BCUT2D eigenvalue weighted by Gasteiger charge is 2.53. The quantitative estimate of drug-likeness (QED) is 0.793. The molecule has 0 unspecified atom stereocenters. The molecule has 2 N–H and O–H groups in total. The van der Waals surface area contributed by atoms with Gasteiger partial charge in [-0.1, -0.05) is 60.7 Å². The molecule has 134 valence electrons. The molecular formula is C18H21O6P. The molecular weight excluding hydrogens is 343 g/mol. The molecule has 1 saturated heterocycles. The standard InChI is InChI=1S/C18H21O6P/c1-17(2)22-13-16(23-17)18(24-25(19,20)21,14-9-5-3-6-10-14)15-11-7-4-8-12-15/h3-12,16H,13H2,1-2H3,(H2,19,20,21)/t16-/m1/s1. The summed E-state index contributed by atoms with van der Waals surface area (Å²) in [5, 5.41) is 0. The number of phosphoric acid groups is 1. The van der Waals surface area contributed by atoms with Crippen LogP contribution in [0.4, 0.5) is 0 Å². The van der Waals surface area contributed by atoms with E-state index in [4.69, 9.17) is 14.0 Å². The Labute approximate surface area is 146 Å². The molecule has 2 aromatic rings. The zero-order valence-electron chi connectivity index (χ0n) is 14.0. The first-order chi connectivity index (χ1) is 11.7. The lowest BCUT2D eigenvalue weighted by molar-refractivity contribution is -0.162. The minimum Gasteiger partial charge on any atom is -0.348 e. The molecule has 0 radical (unpaired) electrons. The van der Waals surface area contributed by atoms with Crippen LogP contribution in [0.1, 0.15) is 25.0 Å². The van der Waals surface area contributed by atoms with Gasteiger partial charge in [0.25, 0.3) is 0 Å². The average Bonchev–Trinajstić information content (AvgIpc) is 2.94. The summed E-state index contributed by atoms with van der Waals surface area (Å²) in [6, 6.07) is 17.9. The van der Waals surface area contributed by atoms with Gasteiger partial charge in [-0.2, -0.15) is 0 Å². The fourth-order valence-corrected chi connectivity index (χ4v) is 3.85. The minimum atomic E-state index is -4.85. The van der Waals surface area contributed by atoms with Crippen LogP contribution in [0.2, 0.25) is 0 Å². The Morgan fingerprint density at radius 2 is 1.52 bits per heavy atom. The molecule has 25 heavy (non-hydrogen) atoms. The highest BCUT2D eigenvalue weighted by Crippen LogP contribution is 2.52. The van der Waals surface area contributed by atoms with Crippen LogP contribution in [0.15, 0.2) is 60.7 Å². The monoisotopic (exact) mass is 364 g/mol. The summed E-state index contributed by atoms with van der Waals surface area (Å²) < 4.78 is 29.0. The van der Waals surface area contributed by atoms with Crippen LogP contribution >= 0.6 is 7.82 Å². The van der Waals surface area contributed by atoms with Crippen LogP contribution in [-0.2, 0) is 24.2 Å². The zero-order valence-corrected chi connectivity index (χ0v) is 14.9. The van der Waals surface area contributed by atoms with Crippen molar-refractivity contribution in [1.29, 1.82) is 0 Å². The van der Waals surface area contributed by atoms with Gasteiger partial charge in [0.15, 0.2) is 11.4 Å². The van der Waals surface area contributed by atoms with Crippen molar-refractivity contribution in [2.75, 3.05) is 6.61 Å².